The number of aliphatic hydroxyl groups is 1. The van der Waals surface area contributed by atoms with Gasteiger partial charge >= 0.3 is 0 Å². The van der Waals surface area contributed by atoms with Crippen molar-refractivity contribution in [3.05, 3.63) is 22.7 Å². The van der Waals surface area contributed by atoms with E-state index in [0.717, 1.165) is 6.07 Å². The number of aliphatic hydroxyl groups excluding tert-OH is 1. The molecule has 0 aliphatic carbocycles. The van der Waals surface area contributed by atoms with E-state index in [1.54, 1.807) is 4.72 Å². The average molecular weight is 341 g/mol. The zero-order valence-electron chi connectivity index (χ0n) is 10.5. The van der Waals surface area contributed by atoms with Gasteiger partial charge in [0.2, 0.25) is 15.9 Å². The lowest BCUT2D eigenvalue weighted by molar-refractivity contribution is -0.115. The summed E-state index contributed by atoms with van der Waals surface area (Å²) >= 11 is 5.82. The molecular formula is C11H11ClF2N2O4S. The van der Waals surface area contributed by atoms with Gasteiger partial charge in [0.1, 0.15) is 11.5 Å². The molecule has 0 atom stereocenters. The molecule has 0 bridgehead atoms. The van der Waals surface area contributed by atoms with Crippen LogP contribution in [0.25, 0.3) is 0 Å². The maximum atomic E-state index is 12.9. The zero-order chi connectivity index (χ0) is 15.8. The van der Waals surface area contributed by atoms with Gasteiger partial charge in [-0.2, -0.15) is 0 Å². The highest BCUT2D eigenvalue weighted by Crippen LogP contribution is 2.32. The van der Waals surface area contributed by atoms with E-state index >= 15 is 0 Å². The fourth-order valence-electron chi connectivity index (χ4n) is 1.77. The van der Waals surface area contributed by atoms with E-state index < -0.39 is 34.0 Å². The Morgan fingerprint density at radius 3 is 2.71 bits per heavy atom. The molecule has 0 aromatic heterocycles. The number of anilines is 1. The monoisotopic (exact) mass is 340 g/mol. The van der Waals surface area contributed by atoms with Crippen LogP contribution in [-0.2, 0) is 21.2 Å². The Kier molecular flexibility index (Phi) is 4.20. The van der Waals surface area contributed by atoms with Gasteiger partial charge in [0, 0.05) is 5.69 Å². The lowest BCUT2D eigenvalue weighted by Crippen LogP contribution is -2.39. The van der Waals surface area contributed by atoms with Gasteiger partial charge in [-0.3, -0.25) is 4.79 Å². The maximum absolute atomic E-state index is 12.9. The summed E-state index contributed by atoms with van der Waals surface area (Å²) in [7, 11) is -4.29. The van der Waals surface area contributed by atoms with Gasteiger partial charge < -0.3 is 10.4 Å². The Morgan fingerprint density at radius 2 is 2.10 bits per heavy atom. The molecule has 1 aromatic carbocycles. The van der Waals surface area contributed by atoms with Crippen LogP contribution in [0.1, 0.15) is 5.56 Å². The van der Waals surface area contributed by atoms with Crippen LogP contribution in [0, 0.1) is 0 Å². The van der Waals surface area contributed by atoms with Crippen LogP contribution in [0.4, 0.5) is 14.5 Å². The average Bonchev–Trinajstić information content (AvgIpc) is 2.75. The minimum absolute atomic E-state index is 0.0121. The quantitative estimate of drug-likeness (QED) is 0.736. The van der Waals surface area contributed by atoms with Gasteiger partial charge in [0.05, 0.1) is 18.0 Å². The Balaban J connectivity index is 2.29. The van der Waals surface area contributed by atoms with Crippen LogP contribution in [0.3, 0.4) is 0 Å². The first kappa shape index (κ1) is 16.1. The summed E-state index contributed by atoms with van der Waals surface area (Å²) in [5.74, 6) is -3.89. The number of carbonyl (C=O) groups is 1. The molecule has 6 nitrogen and oxygen atoms in total. The number of amides is 1. The van der Waals surface area contributed by atoms with Crippen molar-refractivity contribution in [2.75, 3.05) is 18.5 Å². The number of alkyl halides is 2. The van der Waals surface area contributed by atoms with E-state index in [1.807, 2.05) is 0 Å². The molecule has 0 spiro atoms. The van der Waals surface area contributed by atoms with Crippen LogP contribution in [-0.4, -0.2) is 38.5 Å². The van der Waals surface area contributed by atoms with Crippen LogP contribution in [0.2, 0.25) is 5.02 Å². The first-order chi connectivity index (χ1) is 9.64. The second-order valence-corrected chi connectivity index (χ2v) is 6.65. The minimum Gasteiger partial charge on any atom is -0.390 e. The molecule has 1 heterocycles. The van der Waals surface area contributed by atoms with Crippen molar-refractivity contribution in [3.8, 4) is 0 Å². The second kappa shape index (κ2) is 5.48. The third kappa shape index (κ3) is 3.49. The van der Waals surface area contributed by atoms with E-state index in [-0.39, 0.29) is 17.4 Å². The largest absolute Gasteiger partial charge is 0.390 e. The van der Waals surface area contributed by atoms with E-state index in [0.29, 0.717) is 11.3 Å². The lowest BCUT2D eigenvalue weighted by Gasteiger charge is -2.15. The standard InChI is InChI=1S/C11H11ClF2N2O4S/c12-7-3-8-6(2-10(18)16-8)1-9(7)21(19,20)15-4-11(13,14)5-17/h1,3,15,17H,2,4-5H2,(H,16,18). The number of hydrogen-bond acceptors (Lipinski definition) is 4. The van der Waals surface area contributed by atoms with Gasteiger partial charge in [0.25, 0.3) is 5.92 Å². The molecule has 1 aliphatic rings. The second-order valence-electron chi connectivity index (χ2n) is 4.50. The summed E-state index contributed by atoms with van der Waals surface area (Å²) < 4.78 is 51.5. The first-order valence-corrected chi connectivity index (χ1v) is 7.61. The summed E-state index contributed by atoms with van der Waals surface area (Å²) in [4.78, 5) is 10.8. The van der Waals surface area contributed by atoms with Gasteiger partial charge in [-0.05, 0) is 17.7 Å². The van der Waals surface area contributed by atoms with Crippen molar-refractivity contribution in [2.45, 2.75) is 17.2 Å². The molecule has 2 rings (SSSR count). The third-order valence-corrected chi connectivity index (χ3v) is 4.69. The zero-order valence-corrected chi connectivity index (χ0v) is 12.1. The van der Waals surface area contributed by atoms with Crippen molar-refractivity contribution in [1.29, 1.82) is 0 Å². The Bertz CT molecular complexity index is 694. The van der Waals surface area contributed by atoms with Crippen molar-refractivity contribution in [1.82, 2.24) is 4.72 Å². The molecule has 1 amide bonds. The van der Waals surface area contributed by atoms with E-state index in [1.165, 1.54) is 6.07 Å². The summed E-state index contributed by atoms with van der Waals surface area (Å²) in [5, 5.41) is 10.7. The van der Waals surface area contributed by atoms with Crippen LogP contribution in [0.5, 0.6) is 0 Å². The normalized spacial score (nSPS) is 15.0. The highest BCUT2D eigenvalue weighted by molar-refractivity contribution is 7.89. The Hall–Kier alpha value is -1.29. The van der Waals surface area contributed by atoms with Crippen molar-refractivity contribution < 1.29 is 27.1 Å². The first-order valence-electron chi connectivity index (χ1n) is 5.75. The fraction of sp³-hybridized carbons (Fsp3) is 0.364. The molecule has 0 saturated heterocycles. The topological polar surface area (TPSA) is 95.5 Å². The third-order valence-electron chi connectivity index (χ3n) is 2.82. The molecule has 0 saturated carbocycles. The highest BCUT2D eigenvalue weighted by Gasteiger charge is 2.31. The van der Waals surface area contributed by atoms with Crippen molar-refractivity contribution in [2.24, 2.45) is 0 Å². The number of nitrogens with one attached hydrogen (secondary N) is 2. The number of sulfonamides is 1. The molecule has 3 N–H and O–H groups in total. The number of carbonyl (C=O) groups excluding carboxylic acids is 1. The Morgan fingerprint density at radius 1 is 1.43 bits per heavy atom. The van der Waals surface area contributed by atoms with Crippen molar-refractivity contribution >= 4 is 33.2 Å². The molecule has 10 heteroatoms. The molecule has 1 aliphatic heterocycles. The van der Waals surface area contributed by atoms with Crippen LogP contribution >= 0.6 is 11.6 Å². The van der Waals surface area contributed by atoms with E-state index in [4.69, 9.17) is 16.7 Å². The van der Waals surface area contributed by atoms with Gasteiger partial charge in [-0.15, -0.1) is 0 Å². The van der Waals surface area contributed by atoms with Crippen molar-refractivity contribution in [3.63, 3.8) is 0 Å². The molecule has 0 radical (unpaired) electrons. The number of fused-ring (bicyclic) bond motifs is 1. The fourth-order valence-corrected chi connectivity index (χ4v) is 3.40. The maximum Gasteiger partial charge on any atom is 0.283 e. The summed E-state index contributed by atoms with van der Waals surface area (Å²) in [6.07, 6.45) is -0.0121. The molecular weight excluding hydrogens is 330 g/mol. The van der Waals surface area contributed by atoms with E-state index in [2.05, 4.69) is 5.32 Å². The molecule has 116 valence electrons. The van der Waals surface area contributed by atoms with Gasteiger partial charge in [-0.1, -0.05) is 11.6 Å². The predicted octanol–water partition coefficient (Wildman–Crippen LogP) is 0.740. The van der Waals surface area contributed by atoms with E-state index in [9.17, 15) is 22.0 Å². The molecule has 21 heavy (non-hydrogen) atoms. The van der Waals surface area contributed by atoms with Gasteiger partial charge in [-0.25, -0.2) is 21.9 Å². The van der Waals surface area contributed by atoms with Crippen LogP contribution < -0.4 is 10.0 Å². The molecule has 0 fully saturated rings. The number of rotatable bonds is 5. The summed E-state index contributed by atoms with van der Waals surface area (Å²) in [6.45, 7) is -2.73. The highest BCUT2D eigenvalue weighted by atomic mass is 35.5. The smallest absolute Gasteiger partial charge is 0.283 e. The lowest BCUT2D eigenvalue weighted by atomic mass is 10.2. The minimum atomic E-state index is -4.29. The number of halogens is 3. The summed E-state index contributed by atoms with van der Waals surface area (Å²) in [5.41, 5.74) is 0.809. The number of hydrogen-bond donors (Lipinski definition) is 3. The van der Waals surface area contributed by atoms with Gasteiger partial charge in [0.15, 0.2) is 0 Å². The number of benzene rings is 1. The van der Waals surface area contributed by atoms with Crippen LogP contribution in [0.15, 0.2) is 17.0 Å². The summed E-state index contributed by atoms with van der Waals surface area (Å²) in [6, 6.07) is 2.41. The molecule has 1 aromatic rings. The molecule has 0 unspecified atom stereocenters. The predicted molar refractivity (Wildman–Crippen MR) is 71.0 cm³/mol. The Labute approximate surface area is 124 Å². The SMILES string of the molecule is O=C1Cc2cc(S(=O)(=O)NCC(F)(F)CO)c(Cl)cc2N1.